The molecule has 2 fully saturated rings. The molecule has 2 heterocycles. The van der Waals surface area contributed by atoms with E-state index in [0.29, 0.717) is 24.5 Å². The van der Waals surface area contributed by atoms with Crippen LogP contribution in [-0.2, 0) is 0 Å². The van der Waals surface area contributed by atoms with Crippen molar-refractivity contribution in [3.05, 3.63) is 0 Å². The van der Waals surface area contributed by atoms with Gasteiger partial charge in [-0.15, -0.1) is 0 Å². The van der Waals surface area contributed by atoms with Crippen LogP contribution in [0.2, 0.25) is 0 Å². The van der Waals surface area contributed by atoms with Crippen molar-refractivity contribution in [2.45, 2.75) is 71.1 Å². The van der Waals surface area contributed by atoms with Crippen molar-refractivity contribution in [1.82, 2.24) is 14.7 Å². The Kier molecular flexibility index (Phi) is 6.04. The van der Waals surface area contributed by atoms with Crippen LogP contribution in [0.4, 0.5) is 0 Å². The third-order valence-electron chi connectivity index (χ3n) is 5.30. The van der Waals surface area contributed by atoms with Crippen LogP contribution in [0.15, 0.2) is 0 Å². The molecule has 0 aliphatic carbocycles. The standard InChI is InChI=1S/C17H32N4/c1-14(2)19-9-6-16(7-10-19)20-11-12-21(15(3)4)17(13-20)5-8-18/h14-17H,5-7,9-13H2,1-4H3/t17-/m0/s1. The lowest BCUT2D eigenvalue weighted by atomic mass is 9.98. The highest BCUT2D eigenvalue weighted by Crippen LogP contribution is 2.23. The van der Waals surface area contributed by atoms with Gasteiger partial charge in [0.05, 0.1) is 12.5 Å². The van der Waals surface area contributed by atoms with Crippen LogP contribution in [0.1, 0.15) is 47.0 Å². The van der Waals surface area contributed by atoms with Gasteiger partial charge in [0, 0.05) is 43.8 Å². The molecular formula is C17H32N4. The molecule has 1 atom stereocenters. The van der Waals surface area contributed by atoms with Crippen LogP contribution < -0.4 is 0 Å². The summed E-state index contributed by atoms with van der Waals surface area (Å²) in [5.74, 6) is 0. The maximum Gasteiger partial charge on any atom is 0.0638 e. The SMILES string of the molecule is CC(C)N1CCC(N2CCN(C(C)C)[C@@H](CC#N)C2)CC1. The monoisotopic (exact) mass is 292 g/mol. The van der Waals surface area contributed by atoms with Crippen LogP contribution in [0.25, 0.3) is 0 Å². The van der Waals surface area contributed by atoms with E-state index in [-0.39, 0.29) is 0 Å². The summed E-state index contributed by atoms with van der Waals surface area (Å²) >= 11 is 0. The van der Waals surface area contributed by atoms with Gasteiger partial charge in [-0.2, -0.15) is 5.26 Å². The van der Waals surface area contributed by atoms with Crippen molar-refractivity contribution in [1.29, 1.82) is 5.26 Å². The molecule has 0 bridgehead atoms. The van der Waals surface area contributed by atoms with Crippen molar-refractivity contribution in [3.63, 3.8) is 0 Å². The van der Waals surface area contributed by atoms with Gasteiger partial charge >= 0.3 is 0 Å². The average Bonchev–Trinajstić information content (AvgIpc) is 2.47. The highest BCUT2D eigenvalue weighted by molar-refractivity contribution is 4.93. The first-order valence-corrected chi connectivity index (χ1v) is 8.63. The second-order valence-corrected chi connectivity index (χ2v) is 7.20. The van der Waals surface area contributed by atoms with Crippen LogP contribution in [0.3, 0.4) is 0 Å². The molecule has 0 N–H and O–H groups in total. The molecule has 0 amide bonds. The summed E-state index contributed by atoms with van der Waals surface area (Å²) in [6.07, 6.45) is 3.25. The molecule has 2 saturated heterocycles. The predicted octanol–water partition coefficient (Wildman–Crippen LogP) is 2.17. The van der Waals surface area contributed by atoms with Gasteiger partial charge in [-0.1, -0.05) is 0 Å². The molecule has 2 aliphatic rings. The lowest BCUT2D eigenvalue weighted by molar-refractivity contribution is 0.00944. The topological polar surface area (TPSA) is 33.5 Å². The van der Waals surface area contributed by atoms with Gasteiger partial charge in [-0.3, -0.25) is 9.80 Å². The number of nitriles is 1. The van der Waals surface area contributed by atoms with E-state index in [2.05, 4.69) is 48.5 Å². The fourth-order valence-electron chi connectivity index (χ4n) is 3.96. The molecule has 0 spiro atoms. The second-order valence-electron chi connectivity index (χ2n) is 7.20. The minimum Gasteiger partial charge on any atom is -0.301 e. The zero-order valence-electron chi connectivity index (χ0n) is 14.3. The maximum atomic E-state index is 9.11. The Morgan fingerprint density at radius 1 is 1.00 bits per heavy atom. The largest absolute Gasteiger partial charge is 0.301 e. The molecule has 4 heteroatoms. The first kappa shape index (κ1) is 16.7. The number of nitrogens with zero attached hydrogens (tertiary/aromatic N) is 4. The van der Waals surface area contributed by atoms with E-state index in [1.54, 1.807) is 0 Å². The molecule has 0 radical (unpaired) electrons. The van der Waals surface area contributed by atoms with Crippen molar-refractivity contribution >= 4 is 0 Å². The summed E-state index contributed by atoms with van der Waals surface area (Å²) in [6.45, 7) is 14.9. The Balaban J connectivity index is 1.89. The van der Waals surface area contributed by atoms with Crippen molar-refractivity contribution in [3.8, 4) is 6.07 Å². The fraction of sp³-hybridized carbons (Fsp3) is 0.941. The van der Waals surface area contributed by atoms with Crippen LogP contribution >= 0.6 is 0 Å². The number of piperazine rings is 1. The minimum atomic E-state index is 0.423. The zero-order valence-corrected chi connectivity index (χ0v) is 14.3. The molecule has 0 saturated carbocycles. The number of rotatable bonds is 4. The second kappa shape index (κ2) is 7.58. The molecule has 21 heavy (non-hydrogen) atoms. The molecule has 0 aromatic carbocycles. The van der Waals surface area contributed by atoms with E-state index >= 15 is 0 Å². The molecular weight excluding hydrogens is 260 g/mol. The fourth-order valence-corrected chi connectivity index (χ4v) is 3.96. The quantitative estimate of drug-likeness (QED) is 0.795. The molecule has 2 rings (SSSR count). The highest BCUT2D eigenvalue weighted by Gasteiger charge is 2.33. The number of likely N-dealkylation sites (tertiary alicyclic amines) is 1. The van der Waals surface area contributed by atoms with Crippen LogP contribution in [-0.4, -0.2) is 71.6 Å². The van der Waals surface area contributed by atoms with Gasteiger partial charge in [0.15, 0.2) is 0 Å². The average molecular weight is 292 g/mol. The first-order valence-electron chi connectivity index (χ1n) is 8.63. The van der Waals surface area contributed by atoms with Gasteiger partial charge in [0.2, 0.25) is 0 Å². The molecule has 4 nitrogen and oxygen atoms in total. The Hall–Kier alpha value is -0.630. The van der Waals surface area contributed by atoms with E-state index in [0.717, 1.165) is 19.1 Å². The Morgan fingerprint density at radius 2 is 1.67 bits per heavy atom. The van der Waals surface area contributed by atoms with Crippen molar-refractivity contribution in [2.24, 2.45) is 0 Å². The Bertz CT molecular complexity index is 352. The minimum absolute atomic E-state index is 0.423. The third-order valence-corrected chi connectivity index (χ3v) is 5.30. The summed E-state index contributed by atoms with van der Waals surface area (Å²) in [6, 6.07) is 4.77. The Labute approximate surface area is 130 Å². The summed E-state index contributed by atoms with van der Waals surface area (Å²) in [7, 11) is 0. The number of hydrogen-bond acceptors (Lipinski definition) is 4. The molecule has 0 aromatic rings. The van der Waals surface area contributed by atoms with Gasteiger partial charge in [-0.05, 0) is 53.6 Å². The van der Waals surface area contributed by atoms with Gasteiger partial charge in [0.1, 0.15) is 0 Å². The van der Waals surface area contributed by atoms with Gasteiger partial charge in [-0.25, -0.2) is 0 Å². The Morgan fingerprint density at radius 3 is 2.19 bits per heavy atom. The normalized spacial score (nSPS) is 27.4. The van der Waals surface area contributed by atoms with Gasteiger partial charge < -0.3 is 4.90 Å². The summed E-state index contributed by atoms with van der Waals surface area (Å²) in [4.78, 5) is 7.77. The summed E-state index contributed by atoms with van der Waals surface area (Å²) < 4.78 is 0. The van der Waals surface area contributed by atoms with Gasteiger partial charge in [0.25, 0.3) is 0 Å². The van der Waals surface area contributed by atoms with E-state index in [4.69, 9.17) is 5.26 Å². The third kappa shape index (κ3) is 4.18. The van der Waals surface area contributed by atoms with Crippen LogP contribution in [0.5, 0.6) is 0 Å². The lowest BCUT2D eigenvalue weighted by Crippen LogP contribution is -2.59. The van der Waals surface area contributed by atoms with E-state index in [1.807, 2.05) is 0 Å². The van der Waals surface area contributed by atoms with E-state index < -0.39 is 0 Å². The molecule has 0 aromatic heterocycles. The van der Waals surface area contributed by atoms with Crippen molar-refractivity contribution in [2.75, 3.05) is 32.7 Å². The number of piperidine rings is 1. The number of hydrogen-bond donors (Lipinski definition) is 0. The highest BCUT2D eigenvalue weighted by atomic mass is 15.3. The summed E-state index contributed by atoms with van der Waals surface area (Å²) in [5.41, 5.74) is 0. The predicted molar refractivity (Wildman–Crippen MR) is 87.2 cm³/mol. The van der Waals surface area contributed by atoms with E-state index in [1.165, 1.54) is 32.5 Å². The smallest absolute Gasteiger partial charge is 0.0638 e. The van der Waals surface area contributed by atoms with Crippen molar-refractivity contribution < 1.29 is 0 Å². The molecule has 120 valence electrons. The lowest BCUT2D eigenvalue weighted by Gasteiger charge is -2.47. The zero-order chi connectivity index (χ0) is 15.4. The first-order chi connectivity index (χ1) is 10.0. The maximum absolute atomic E-state index is 9.11. The molecule has 0 unspecified atom stereocenters. The summed E-state index contributed by atoms with van der Waals surface area (Å²) in [5, 5.41) is 9.11. The molecule has 2 aliphatic heterocycles. The van der Waals surface area contributed by atoms with E-state index in [9.17, 15) is 0 Å². The van der Waals surface area contributed by atoms with Crippen LogP contribution in [0, 0.1) is 11.3 Å².